The van der Waals surface area contributed by atoms with Gasteiger partial charge in [0.15, 0.2) is 0 Å². The number of H-pyrrole nitrogens is 1. The van der Waals surface area contributed by atoms with Crippen LogP contribution in [0, 0.1) is 0 Å². The highest BCUT2D eigenvalue weighted by Crippen LogP contribution is 2.31. The molecule has 1 aliphatic rings. The van der Waals surface area contributed by atoms with Gasteiger partial charge in [-0.15, -0.1) is 0 Å². The van der Waals surface area contributed by atoms with Crippen molar-refractivity contribution < 1.29 is 0 Å². The van der Waals surface area contributed by atoms with Crippen molar-refractivity contribution in [3.8, 4) is 11.3 Å². The van der Waals surface area contributed by atoms with Crippen LogP contribution in [0.5, 0.6) is 0 Å². The molecule has 0 aliphatic heterocycles. The molecule has 0 aromatic carbocycles. The molecule has 18 heavy (non-hydrogen) atoms. The van der Waals surface area contributed by atoms with E-state index in [1.54, 1.807) is 4.68 Å². The minimum Gasteiger partial charge on any atom is -0.342 e. The fraction of sp³-hybridized carbons (Fsp3) is 0.538. The van der Waals surface area contributed by atoms with E-state index in [1.165, 1.54) is 12.8 Å². The lowest BCUT2D eigenvalue weighted by molar-refractivity contribution is 0.383. The Hall–Kier alpha value is -1.62. The lowest BCUT2D eigenvalue weighted by Gasteiger charge is -2.24. The first kappa shape index (κ1) is 11.5. The highest BCUT2D eigenvalue weighted by Gasteiger charge is 2.23. The van der Waals surface area contributed by atoms with Crippen molar-refractivity contribution in [1.29, 1.82) is 0 Å². The van der Waals surface area contributed by atoms with Gasteiger partial charge in [0, 0.05) is 30.8 Å². The molecule has 0 bridgehead atoms. The zero-order valence-corrected chi connectivity index (χ0v) is 10.6. The van der Waals surface area contributed by atoms with Crippen LogP contribution in [0.3, 0.4) is 0 Å². The highest BCUT2D eigenvalue weighted by molar-refractivity contribution is 5.56. The van der Waals surface area contributed by atoms with Crippen LogP contribution in [-0.4, -0.2) is 25.8 Å². The van der Waals surface area contributed by atoms with E-state index in [-0.39, 0.29) is 0 Å². The van der Waals surface area contributed by atoms with Crippen molar-refractivity contribution >= 4 is 0 Å². The normalized spacial score (nSPS) is 24.3. The second-order valence-electron chi connectivity index (χ2n) is 5.21. The van der Waals surface area contributed by atoms with Crippen molar-refractivity contribution in [2.24, 2.45) is 12.8 Å². The number of aromatic amines is 1. The molecule has 0 radical (unpaired) electrons. The summed E-state index contributed by atoms with van der Waals surface area (Å²) in [6.07, 6.45) is 10.3. The SMILES string of the molecule is Cn1cc(-c2cnc(C3CCCC(N)C3)[nH]2)cn1. The largest absolute Gasteiger partial charge is 0.342 e. The van der Waals surface area contributed by atoms with Crippen LogP contribution in [0.15, 0.2) is 18.6 Å². The minimum atomic E-state index is 0.329. The number of nitrogens with zero attached hydrogens (tertiary/aromatic N) is 3. The van der Waals surface area contributed by atoms with E-state index in [0.717, 1.165) is 29.9 Å². The van der Waals surface area contributed by atoms with Crippen molar-refractivity contribution in [3.05, 3.63) is 24.4 Å². The summed E-state index contributed by atoms with van der Waals surface area (Å²) in [6, 6.07) is 0.329. The molecule has 1 aliphatic carbocycles. The second-order valence-corrected chi connectivity index (χ2v) is 5.21. The van der Waals surface area contributed by atoms with E-state index < -0.39 is 0 Å². The van der Waals surface area contributed by atoms with Gasteiger partial charge in [-0.25, -0.2) is 4.98 Å². The second kappa shape index (κ2) is 4.57. The van der Waals surface area contributed by atoms with Gasteiger partial charge in [0.05, 0.1) is 18.1 Å². The number of nitrogens with one attached hydrogen (secondary N) is 1. The Bertz CT molecular complexity index is 527. The Morgan fingerprint density at radius 3 is 3.00 bits per heavy atom. The summed E-state index contributed by atoms with van der Waals surface area (Å²) in [6.45, 7) is 0. The monoisotopic (exact) mass is 245 g/mol. The summed E-state index contributed by atoms with van der Waals surface area (Å²) >= 11 is 0. The van der Waals surface area contributed by atoms with Crippen LogP contribution in [0.4, 0.5) is 0 Å². The molecule has 2 atom stereocenters. The van der Waals surface area contributed by atoms with Crippen LogP contribution < -0.4 is 5.73 Å². The third-order valence-corrected chi connectivity index (χ3v) is 3.71. The molecule has 5 nitrogen and oxygen atoms in total. The van der Waals surface area contributed by atoms with E-state index in [4.69, 9.17) is 5.73 Å². The lowest BCUT2D eigenvalue weighted by Crippen LogP contribution is -2.27. The Morgan fingerprint density at radius 2 is 2.28 bits per heavy atom. The van der Waals surface area contributed by atoms with E-state index in [9.17, 15) is 0 Å². The molecule has 2 heterocycles. The molecule has 96 valence electrons. The summed E-state index contributed by atoms with van der Waals surface area (Å²) in [5, 5.41) is 4.18. The molecule has 0 saturated heterocycles. The molecular weight excluding hydrogens is 226 g/mol. The van der Waals surface area contributed by atoms with Gasteiger partial charge in [-0.05, 0) is 19.3 Å². The molecule has 0 amide bonds. The lowest BCUT2D eigenvalue weighted by atomic mass is 9.86. The van der Waals surface area contributed by atoms with Gasteiger partial charge in [0.2, 0.25) is 0 Å². The standard InChI is InChI=1S/C13H19N5/c1-18-8-10(6-16-18)12-7-15-13(17-12)9-3-2-4-11(14)5-9/h6-9,11H,2-5,14H2,1H3,(H,15,17). The molecule has 2 unspecified atom stereocenters. The van der Waals surface area contributed by atoms with Gasteiger partial charge in [-0.1, -0.05) is 6.42 Å². The zero-order valence-electron chi connectivity index (χ0n) is 10.6. The number of rotatable bonds is 2. The summed E-state index contributed by atoms with van der Waals surface area (Å²) in [7, 11) is 1.92. The Balaban J connectivity index is 1.80. The number of aromatic nitrogens is 4. The maximum atomic E-state index is 6.03. The van der Waals surface area contributed by atoms with Crippen molar-refractivity contribution in [1.82, 2.24) is 19.7 Å². The molecule has 3 rings (SSSR count). The number of imidazole rings is 1. The predicted octanol–water partition coefficient (Wildman–Crippen LogP) is 1.80. The molecular formula is C13H19N5. The maximum Gasteiger partial charge on any atom is 0.109 e. The van der Waals surface area contributed by atoms with Crippen LogP contribution in [0.2, 0.25) is 0 Å². The molecule has 3 N–H and O–H groups in total. The molecule has 2 aromatic heterocycles. The average molecular weight is 245 g/mol. The number of hydrogen-bond donors (Lipinski definition) is 2. The third kappa shape index (κ3) is 2.18. The van der Waals surface area contributed by atoms with Crippen LogP contribution in [0.25, 0.3) is 11.3 Å². The first-order valence-electron chi connectivity index (χ1n) is 6.52. The topological polar surface area (TPSA) is 72.5 Å². The molecule has 5 heteroatoms. The minimum absolute atomic E-state index is 0.329. The summed E-state index contributed by atoms with van der Waals surface area (Å²) < 4.78 is 1.80. The van der Waals surface area contributed by atoms with Crippen LogP contribution in [-0.2, 0) is 7.05 Å². The quantitative estimate of drug-likeness (QED) is 0.847. The van der Waals surface area contributed by atoms with Gasteiger partial charge >= 0.3 is 0 Å². The van der Waals surface area contributed by atoms with Gasteiger partial charge in [0.25, 0.3) is 0 Å². The Labute approximate surface area is 106 Å². The van der Waals surface area contributed by atoms with Gasteiger partial charge in [0.1, 0.15) is 5.82 Å². The fourth-order valence-electron chi connectivity index (χ4n) is 2.73. The van der Waals surface area contributed by atoms with Gasteiger partial charge < -0.3 is 10.7 Å². The van der Waals surface area contributed by atoms with E-state index in [2.05, 4.69) is 15.1 Å². The van der Waals surface area contributed by atoms with Gasteiger partial charge in [-0.2, -0.15) is 5.10 Å². The van der Waals surface area contributed by atoms with E-state index >= 15 is 0 Å². The summed E-state index contributed by atoms with van der Waals surface area (Å²) in [4.78, 5) is 7.92. The molecule has 2 aromatic rings. The highest BCUT2D eigenvalue weighted by atomic mass is 15.2. The smallest absolute Gasteiger partial charge is 0.109 e. The van der Waals surface area contributed by atoms with Gasteiger partial charge in [-0.3, -0.25) is 4.68 Å². The summed E-state index contributed by atoms with van der Waals surface area (Å²) in [5.41, 5.74) is 8.15. The van der Waals surface area contributed by atoms with Crippen molar-refractivity contribution in [2.75, 3.05) is 0 Å². The van der Waals surface area contributed by atoms with E-state index in [0.29, 0.717) is 12.0 Å². The van der Waals surface area contributed by atoms with Crippen molar-refractivity contribution in [2.45, 2.75) is 37.6 Å². The van der Waals surface area contributed by atoms with E-state index in [1.807, 2.05) is 25.6 Å². The first-order valence-corrected chi connectivity index (χ1v) is 6.52. The zero-order chi connectivity index (χ0) is 12.5. The number of aryl methyl sites for hydroxylation is 1. The number of nitrogens with two attached hydrogens (primary N) is 1. The first-order chi connectivity index (χ1) is 8.72. The molecule has 1 saturated carbocycles. The third-order valence-electron chi connectivity index (χ3n) is 3.71. The maximum absolute atomic E-state index is 6.03. The Kier molecular flexibility index (Phi) is 2.91. The summed E-state index contributed by atoms with van der Waals surface area (Å²) in [5.74, 6) is 1.56. The van der Waals surface area contributed by atoms with Crippen LogP contribution in [0.1, 0.15) is 37.4 Å². The van der Waals surface area contributed by atoms with Crippen LogP contribution >= 0.6 is 0 Å². The Morgan fingerprint density at radius 1 is 1.39 bits per heavy atom. The average Bonchev–Trinajstić information content (AvgIpc) is 2.97. The number of hydrogen-bond acceptors (Lipinski definition) is 3. The fourth-order valence-corrected chi connectivity index (χ4v) is 2.73. The molecule has 1 fully saturated rings. The molecule has 0 spiro atoms. The predicted molar refractivity (Wildman–Crippen MR) is 70.0 cm³/mol. The van der Waals surface area contributed by atoms with Crippen molar-refractivity contribution in [3.63, 3.8) is 0 Å².